The minimum Gasteiger partial charge on any atom is -0.462 e. The maximum Gasteiger partial charge on any atom is 0.154 e. The van der Waals surface area contributed by atoms with Crippen LogP contribution in [0.5, 0.6) is 0 Å². The van der Waals surface area contributed by atoms with E-state index in [1.807, 2.05) is 6.92 Å². The number of pyridine rings is 1. The summed E-state index contributed by atoms with van der Waals surface area (Å²) in [7, 11) is 0. The summed E-state index contributed by atoms with van der Waals surface area (Å²) < 4.78 is 5.19. The van der Waals surface area contributed by atoms with E-state index >= 15 is 0 Å². The summed E-state index contributed by atoms with van der Waals surface area (Å²) in [5, 5.41) is 0. The number of rotatable bonds is 0. The lowest BCUT2D eigenvalue weighted by molar-refractivity contribution is 0.613. The van der Waals surface area contributed by atoms with Gasteiger partial charge in [0.2, 0.25) is 0 Å². The van der Waals surface area contributed by atoms with Gasteiger partial charge in [-0.15, -0.1) is 0 Å². The van der Waals surface area contributed by atoms with Gasteiger partial charge in [-0.25, -0.2) is 0 Å². The first kappa shape index (κ1) is 6.22. The molecule has 11 heavy (non-hydrogen) atoms. The topological polar surface area (TPSA) is 52.0 Å². The standard InChI is InChI=1S/C8H8N2O/c1-5-4-11-7-2-6(9)3-10-8(5)7/h2-4H,9H2,1H3. The van der Waals surface area contributed by atoms with Gasteiger partial charge in [-0.2, -0.15) is 0 Å². The van der Waals surface area contributed by atoms with Gasteiger partial charge < -0.3 is 10.2 Å². The van der Waals surface area contributed by atoms with E-state index in [0.717, 1.165) is 16.7 Å². The van der Waals surface area contributed by atoms with Gasteiger partial charge in [0, 0.05) is 11.6 Å². The van der Waals surface area contributed by atoms with Crippen LogP contribution in [0.15, 0.2) is 22.9 Å². The lowest BCUT2D eigenvalue weighted by Crippen LogP contribution is -1.85. The molecule has 0 amide bonds. The quantitative estimate of drug-likeness (QED) is 0.618. The molecule has 2 N–H and O–H groups in total. The molecule has 0 aliphatic carbocycles. The molecule has 3 heteroatoms. The summed E-state index contributed by atoms with van der Waals surface area (Å²) in [5.74, 6) is 0. The molecule has 56 valence electrons. The highest BCUT2D eigenvalue weighted by atomic mass is 16.3. The molecule has 0 spiro atoms. The molecule has 2 aromatic heterocycles. The molecule has 0 saturated carbocycles. The van der Waals surface area contributed by atoms with E-state index in [9.17, 15) is 0 Å². The summed E-state index contributed by atoms with van der Waals surface area (Å²) in [6.45, 7) is 1.95. The normalized spacial score (nSPS) is 10.6. The molecule has 0 radical (unpaired) electrons. The van der Waals surface area contributed by atoms with Gasteiger partial charge in [-0.3, -0.25) is 4.98 Å². The third-order valence-electron chi connectivity index (χ3n) is 1.61. The van der Waals surface area contributed by atoms with Gasteiger partial charge in [0.25, 0.3) is 0 Å². The highest BCUT2D eigenvalue weighted by Crippen LogP contribution is 2.19. The number of nitrogen functional groups attached to an aromatic ring is 1. The molecule has 0 fully saturated rings. The van der Waals surface area contributed by atoms with Crippen LogP contribution in [0.1, 0.15) is 5.56 Å². The Morgan fingerprint density at radius 1 is 1.55 bits per heavy atom. The van der Waals surface area contributed by atoms with E-state index in [0.29, 0.717) is 5.69 Å². The maximum absolute atomic E-state index is 5.51. The average molecular weight is 148 g/mol. The summed E-state index contributed by atoms with van der Waals surface area (Å²) in [5.41, 5.74) is 8.82. The van der Waals surface area contributed by atoms with Crippen molar-refractivity contribution in [3.63, 3.8) is 0 Å². The largest absolute Gasteiger partial charge is 0.462 e. The van der Waals surface area contributed by atoms with E-state index in [2.05, 4.69) is 4.98 Å². The van der Waals surface area contributed by atoms with E-state index in [1.165, 1.54) is 0 Å². The number of nitrogens with two attached hydrogens (primary N) is 1. The summed E-state index contributed by atoms with van der Waals surface area (Å²) >= 11 is 0. The second kappa shape index (κ2) is 1.99. The Hall–Kier alpha value is -1.51. The number of aromatic nitrogens is 1. The van der Waals surface area contributed by atoms with Crippen molar-refractivity contribution in [2.45, 2.75) is 6.92 Å². The monoisotopic (exact) mass is 148 g/mol. The van der Waals surface area contributed by atoms with Gasteiger partial charge in [0.05, 0.1) is 18.1 Å². The summed E-state index contributed by atoms with van der Waals surface area (Å²) in [6.07, 6.45) is 3.31. The van der Waals surface area contributed by atoms with Crippen LogP contribution >= 0.6 is 0 Å². The van der Waals surface area contributed by atoms with Crippen molar-refractivity contribution in [3.8, 4) is 0 Å². The first-order chi connectivity index (χ1) is 5.27. The molecule has 2 aromatic rings. The van der Waals surface area contributed by atoms with Crippen LogP contribution in [-0.4, -0.2) is 4.98 Å². The number of hydrogen-bond acceptors (Lipinski definition) is 3. The zero-order valence-corrected chi connectivity index (χ0v) is 6.16. The van der Waals surface area contributed by atoms with Crippen molar-refractivity contribution in [2.24, 2.45) is 0 Å². The summed E-state index contributed by atoms with van der Waals surface area (Å²) in [6, 6.07) is 1.77. The lowest BCUT2D eigenvalue weighted by Gasteiger charge is -1.90. The van der Waals surface area contributed by atoms with Crippen molar-refractivity contribution in [3.05, 3.63) is 24.1 Å². The molecule has 0 saturated heterocycles. The van der Waals surface area contributed by atoms with Gasteiger partial charge in [-0.1, -0.05) is 0 Å². The number of nitrogens with zero attached hydrogens (tertiary/aromatic N) is 1. The Bertz CT molecular complexity index is 392. The molecule has 0 aromatic carbocycles. The van der Waals surface area contributed by atoms with Crippen LogP contribution in [0, 0.1) is 6.92 Å². The lowest BCUT2D eigenvalue weighted by atomic mass is 10.3. The third kappa shape index (κ3) is 0.852. The second-order valence-electron chi connectivity index (χ2n) is 2.53. The van der Waals surface area contributed by atoms with Crippen molar-refractivity contribution < 1.29 is 4.42 Å². The van der Waals surface area contributed by atoms with Crippen molar-refractivity contribution in [1.29, 1.82) is 0 Å². The molecular weight excluding hydrogens is 140 g/mol. The number of aryl methyl sites for hydroxylation is 1. The van der Waals surface area contributed by atoms with E-state index in [4.69, 9.17) is 10.2 Å². The minimum absolute atomic E-state index is 0.631. The van der Waals surface area contributed by atoms with Crippen molar-refractivity contribution in [2.75, 3.05) is 5.73 Å². The van der Waals surface area contributed by atoms with Crippen LogP contribution in [0.4, 0.5) is 5.69 Å². The third-order valence-corrected chi connectivity index (χ3v) is 1.61. The molecule has 2 heterocycles. The molecular formula is C8H8N2O. The molecule has 0 aliphatic heterocycles. The van der Waals surface area contributed by atoms with E-state index in [1.54, 1.807) is 18.5 Å². The smallest absolute Gasteiger partial charge is 0.154 e. The Morgan fingerprint density at radius 3 is 3.18 bits per heavy atom. The van der Waals surface area contributed by atoms with Gasteiger partial charge in [0.15, 0.2) is 5.58 Å². The average Bonchev–Trinajstić information content (AvgIpc) is 2.32. The van der Waals surface area contributed by atoms with Crippen LogP contribution in [0.25, 0.3) is 11.1 Å². The first-order valence-corrected chi connectivity index (χ1v) is 3.37. The van der Waals surface area contributed by atoms with Crippen molar-refractivity contribution >= 4 is 16.8 Å². The fraction of sp³-hybridized carbons (Fsp3) is 0.125. The summed E-state index contributed by atoms with van der Waals surface area (Å²) in [4.78, 5) is 4.12. The predicted octanol–water partition coefficient (Wildman–Crippen LogP) is 1.72. The Balaban J connectivity index is 2.86. The highest BCUT2D eigenvalue weighted by molar-refractivity contribution is 5.78. The van der Waals surface area contributed by atoms with Crippen molar-refractivity contribution in [1.82, 2.24) is 4.98 Å². The fourth-order valence-electron chi connectivity index (χ4n) is 1.05. The molecule has 0 atom stereocenters. The van der Waals surface area contributed by atoms with Gasteiger partial charge in [-0.05, 0) is 6.92 Å². The van der Waals surface area contributed by atoms with Crippen LogP contribution in [0.2, 0.25) is 0 Å². The molecule has 0 aliphatic rings. The molecule has 0 bridgehead atoms. The van der Waals surface area contributed by atoms with Crippen LogP contribution in [-0.2, 0) is 0 Å². The van der Waals surface area contributed by atoms with Gasteiger partial charge >= 0.3 is 0 Å². The number of furan rings is 1. The van der Waals surface area contributed by atoms with Crippen LogP contribution in [0.3, 0.4) is 0 Å². The number of fused-ring (bicyclic) bond motifs is 1. The minimum atomic E-state index is 0.631. The maximum atomic E-state index is 5.51. The predicted molar refractivity (Wildman–Crippen MR) is 43.2 cm³/mol. The van der Waals surface area contributed by atoms with Crippen LogP contribution < -0.4 is 5.73 Å². The molecule has 3 nitrogen and oxygen atoms in total. The number of anilines is 1. The van der Waals surface area contributed by atoms with E-state index in [-0.39, 0.29) is 0 Å². The SMILES string of the molecule is Cc1coc2cc(N)cnc12. The molecule has 2 rings (SSSR count). The molecule has 0 unspecified atom stereocenters. The second-order valence-corrected chi connectivity index (χ2v) is 2.53. The Morgan fingerprint density at radius 2 is 2.36 bits per heavy atom. The zero-order valence-electron chi connectivity index (χ0n) is 6.16. The first-order valence-electron chi connectivity index (χ1n) is 3.37. The fourth-order valence-corrected chi connectivity index (χ4v) is 1.05. The number of hydrogen-bond donors (Lipinski definition) is 1. The van der Waals surface area contributed by atoms with Gasteiger partial charge in [0.1, 0.15) is 5.52 Å². The van der Waals surface area contributed by atoms with E-state index < -0.39 is 0 Å². The Kier molecular flexibility index (Phi) is 1.12. The zero-order chi connectivity index (χ0) is 7.84. The Labute approximate surface area is 63.8 Å². The highest BCUT2D eigenvalue weighted by Gasteiger charge is 2.01.